The van der Waals surface area contributed by atoms with E-state index in [0.29, 0.717) is 17.0 Å². The van der Waals surface area contributed by atoms with Crippen molar-refractivity contribution in [2.45, 2.75) is 19.6 Å². The van der Waals surface area contributed by atoms with Gasteiger partial charge in [0.25, 0.3) is 5.91 Å². The zero-order valence-corrected chi connectivity index (χ0v) is 16.7. The molecule has 1 N–H and O–H groups in total. The summed E-state index contributed by atoms with van der Waals surface area (Å²) in [6.07, 6.45) is -0.919. The van der Waals surface area contributed by atoms with Gasteiger partial charge >= 0.3 is 5.97 Å². The number of nitrogens with one attached hydrogen (secondary N) is 1. The molecule has 2 aromatic carbocycles. The maximum atomic E-state index is 12.4. The predicted octanol–water partition coefficient (Wildman–Crippen LogP) is 2.71. The van der Waals surface area contributed by atoms with Crippen LogP contribution in [-0.4, -0.2) is 56.3 Å². The van der Waals surface area contributed by atoms with Gasteiger partial charge in [-0.25, -0.2) is 4.79 Å². The van der Waals surface area contributed by atoms with Crippen molar-refractivity contribution >= 4 is 17.6 Å². The highest BCUT2D eigenvalue weighted by atomic mass is 16.5. The van der Waals surface area contributed by atoms with E-state index in [2.05, 4.69) is 10.2 Å². The van der Waals surface area contributed by atoms with Crippen LogP contribution in [0.25, 0.3) is 0 Å². The van der Waals surface area contributed by atoms with Crippen LogP contribution in [0.5, 0.6) is 5.75 Å². The fourth-order valence-electron chi connectivity index (χ4n) is 2.96. The zero-order valence-electron chi connectivity index (χ0n) is 16.7. The second kappa shape index (κ2) is 10.0. The second-order valence-corrected chi connectivity index (χ2v) is 6.85. The molecule has 2 aromatic rings. The first kappa shape index (κ1) is 20.8. The summed E-state index contributed by atoms with van der Waals surface area (Å²) in [6.45, 7) is 5.68. The van der Waals surface area contributed by atoms with Crippen molar-refractivity contribution in [3.8, 4) is 5.75 Å². The van der Waals surface area contributed by atoms with Gasteiger partial charge in [0.05, 0.1) is 25.9 Å². The highest BCUT2D eigenvalue weighted by molar-refractivity contribution is 5.97. The smallest absolute Gasteiger partial charge is 0.338 e. The first-order valence-electron chi connectivity index (χ1n) is 9.60. The molecule has 0 unspecified atom stereocenters. The maximum absolute atomic E-state index is 12.4. The minimum atomic E-state index is -0.919. The molecule has 3 rings (SSSR count). The average molecular weight is 398 g/mol. The van der Waals surface area contributed by atoms with Crippen LogP contribution in [-0.2, 0) is 20.8 Å². The number of carbonyl (C=O) groups is 2. The average Bonchev–Trinajstić information content (AvgIpc) is 2.75. The van der Waals surface area contributed by atoms with Crippen LogP contribution >= 0.6 is 0 Å². The number of benzene rings is 2. The summed E-state index contributed by atoms with van der Waals surface area (Å²) in [6, 6.07) is 14.2. The van der Waals surface area contributed by atoms with Crippen molar-refractivity contribution in [1.29, 1.82) is 0 Å². The molecule has 154 valence electrons. The summed E-state index contributed by atoms with van der Waals surface area (Å²) < 4.78 is 15.7. The summed E-state index contributed by atoms with van der Waals surface area (Å²) in [4.78, 5) is 26.9. The SMILES string of the molecule is COc1ccc(NC(=O)[C@@H](C)OC(=O)c2ccc(CN3CCOCC3)cc2)cc1. The molecule has 1 fully saturated rings. The molecule has 1 atom stereocenters. The Labute approximate surface area is 170 Å². The van der Waals surface area contributed by atoms with E-state index < -0.39 is 18.0 Å². The number of hydrogen-bond acceptors (Lipinski definition) is 6. The summed E-state index contributed by atoms with van der Waals surface area (Å²) in [7, 11) is 1.57. The number of ether oxygens (including phenoxy) is 3. The second-order valence-electron chi connectivity index (χ2n) is 6.85. The molecular formula is C22H26N2O5. The number of esters is 1. The number of anilines is 1. The van der Waals surface area contributed by atoms with E-state index in [0.717, 1.165) is 38.4 Å². The Bertz CT molecular complexity index is 814. The lowest BCUT2D eigenvalue weighted by Gasteiger charge is -2.26. The molecule has 7 heteroatoms. The van der Waals surface area contributed by atoms with Crippen LogP contribution in [0.4, 0.5) is 5.69 Å². The number of methoxy groups -OCH3 is 1. The minimum Gasteiger partial charge on any atom is -0.497 e. The maximum Gasteiger partial charge on any atom is 0.338 e. The van der Waals surface area contributed by atoms with Crippen LogP contribution in [0.3, 0.4) is 0 Å². The van der Waals surface area contributed by atoms with Gasteiger partial charge in [0.2, 0.25) is 0 Å². The van der Waals surface area contributed by atoms with Crippen LogP contribution in [0.15, 0.2) is 48.5 Å². The van der Waals surface area contributed by atoms with E-state index >= 15 is 0 Å². The van der Waals surface area contributed by atoms with Crippen molar-refractivity contribution in [2.75, 3.05) is 38.7 Å². The highest BCUT2D eigenvalue weighted by Gasteiger charge is 2.19. The van der Waals surface area contributed by atoms with Crippen LogP contribution in [0.2, 0.25) is 0 Å². The Balaban J connectivity index is 1.50. The third-order valence-electron chi connectivity index (χ3n) is 4.71. The van der Waals surface area contributed by atoms with Gasteiger partial charge in [-0.15, -0.1) is 0 Å². The molecule has 0 aliphatic carbocycles. The molecule has 0 saturated carbocycles. The first-order valence-corrected chi connectivity index (χ1v) is 9.60. The first-order chi connectivity index (χ1) is 14.0. The van der Waals surface area contributed by atoms with E-state index in [4.69, 9.17) is 14.2 Å². The van der Waals surface area contributed by atoms with E-state index in [1.165, 1.54) is 0 Å². The Kier molecular flexibility index (Phi) is 7.21. The summed E-state index contributed by atoms with van der Waals surface area (Å²) in [5.74, 6) is -0.229. The van der Waals surface area contributed by atoms with Gasteiger partial charge in [-0.1, -0.05) is 12.1 Å². The van der Waals surface area contributed by atoms with Crippen LogP contribution in [0, 0.1) is 0 Å². The summed E-state index contributed by atoms with van der Waals surface area (Å²) in [5.41, 5.74) is 2.14. The third kappa shape index (κ3) is 6.04. The quantitative estimate of drug-likeness (QED) is 0.723. The molecule has 0 bridgehead atoms. The molecule has 29 heavy (non-hydrogen) atoms. The normalized spacial score (nSPS) is 15.4. The molecule has 7 nitrogen and oxygen atoms in total. The van der Waals surface area contributed by atoms with Gasteiger partial charge in [-0.05, 0) is 48.9 Å². The standard InChI is InChI=1S/C22H26N2O5/c1-16(21(25)23-19-7-9-20(27-2)10-8-19)29-22(26)18-5-3-17(4-6-18)15-24-11-13-28-14-12-24/h3-10,16H,11-15H2,1-2H3,(H,23,25)/t16-/m1/s1. The Morgan fingerprint density at radius 1 is 1.07 bits per heavy atom. The topological polar surface area (TPSA) is 77.1 Å². The number of carbonyl (C=O) groups excluding carboxylic acids is 2. The van der Waals surface area contributed by atoms with E-state index in [9.17, 15) is 9.59 Å². The Hall–Kier alpha value is -2.90. The van der Waals surface area contributed by atoms with Crippen molar-refractivity contribution in [2.24, 2.45) is 0 Å². The van der Waals surface area contributed by atoms with E-state index in [1.807, 2.05) is 12.1 Å². The number of morpholine rings is 1. The Morgan fingerprint density at radius 3 is 2.34 bits per heavy atom. The van der Waals surface area contributed by atoms with Gasteiger partial charge < -0.3 is 19.5 Å². The van der Waals surface area contributed by atoms with Gasteiger partial charge in [0.15, 0.2) is 6.10 Å². The Morgan fingerprint density at radius 2 is 1.72 bits per heavy atom. The number of rotatable bonds is 7. The lowest BCUT2D eigenvalue weighted by molar-refractivity contribution is -0.123. The molecule has 0 spiro atoms. The fourth-order valence-corrected chi connectivity index (χ4v) is 2.96. The van der Waals surface area contributed by atoms with Gasteiger partial charge in [0.1, 0.15) is 5.75 Å². The van der Waals surface area contributed by atoms with E-state index in [-0.39, 0.29) is 0 Å². The molecule has 1 heterocycles. The highest BCUT2D eigenvalue weighted by Crippen LogP contribution is 2.16. The summed E-state index contributed by atoms with van der Waals surface area (Å²) >= 11 is 0. The molecule has 1 aliphatic heterocycles. The molecule has 0 radical (unpaired) electrons. The number of hydrogen-bond donors (Lipinski definition) is 1. The monoisotopic (exact) mass is 398 g/mol. The number of nitrogens with zero attached hydrogens (tertiary/aromatic N) is 1. The van der Waals surface area contributed by atoms with Crippen LogP contribution < -0.4 is 10.1 Å². The van der Waals surface area contributed by atoms with Crippen molar-refractivity contribution < 1.29 is 23.8 Å². The third-order valence-corrected chi connectivity index (χ3v) is 4.71. The summed E-state index contributed by atoms with van der Waals surface area (Å²) in [5, 5.41) is 2.72. The lowest BCUT2D eigenvalue weighted by Crippen LogP contribution is -2.35. The van der Waals surface area contributed by atoms with Gasteiger partial charge in [-0.2, -0.15) is 0 Å². The van der Waals surface area contributed by atoms with Crippen molar-refractivity contribution in [3.63, 3.8) is 0 Å². The molecular weight excluding hydrogens is 372 g/mol. The molecule has 0 aromatic heterocycles. The molecule has 1 aliphatic rings. The fraction of sp³-hybridized carbons (Fsp3) is 0.364. The minimum absolute atomic E-state index is 0.396. The lowest BCUT2D eigenvalue weighted by atomic mass is 10.1. The van der Waals surface area contributed by atoms with Crippen molar-refractivity contribution in [1.82, 2.24) is 4.90 Å². The molecule has 1 amide bonds. The zero-order chi connectivity index (χ0) is 20.6. The predicted molar refractivity (Wildman–Crippen MR) is 109 cm³/mol. The van der Waals surface area contributed by atoms with E-state index in [1.54, 1.807) is 50.4 Å². The van der Waals surface area contributed by atoms with Crippen molar-refractivity contribution in [3.05, 3.63) is 59.7 Å². The van der Waals surface area contributed by atoms with Crippen LogP contribution in [0.1, 0.15) is 22.8 Å². The number of amides is 1. The largest absolute Gasteiger partial charge is 0.497 e. The van der Waals surface area contributed by atoms with Gasteiger partial charge in [0, 0.05) is 25.3 Å². The van der Waals surface area contributed by atoms with Gasteiger partial charge in [-0.3, -0.25) is 9.69 Å². The molecule has 1 saturated heterocycles.